The molecule has 2 fully saturated rings. The molecule has 2 nitrogen and oxygen atoms in total. The van der Waals surface area contributed by atoms with E-state index >= 15 is 0 Å². The van der Waals surface area contributed by atoms with E-state index in [4.69, 9.17) is 16.6 Å². The summed E-state index contributed by atoms with van der Waals surface area (Å²) in [6.45, 7) is 0. The number of halogens is 1. The van der Waals surface area contributed by atoms with Crippen LogP contribution < -0.4 is 5.32 Å². The molecule has 0 radical (unpaired) electrons. The van der Waals surface area contributed by atoms with Crippen LogP contribution in [0.1, 0.15) is 30.2 Å². The van der Waals surface area contributed by atoms with Gasteiger partial charge >= 0.3 is 0 Å². The maximum atomic E-state index is 6.00. The van der Waals surface area contributed by atoms with Gasteiger partial charge in [0.15, 0.2) is 0 Å². The van der Waals surface area contributed by atoms with E-state index < -0.39 is 0 Å². The van der Waals surface area contributed by atoms with Gasteiger partial charge in [-0.3, -0.25) is 0 Å². The number of rotatable bonds is 1. The molecular formula is C13H13ClN2S. The van der Waals surface area contributed by atoms with Gasteiger partial charge < -0.3 is 5.32 Å². The summed E-state index contributed by atoms with van der Waals surface area (Å²) < 4.78 is 1.26. The fraction of sp³-hybridized carbons (Fsp3) is 0.462. The van der Waals surface area contributed by atoms with Crippen molar-refractivity contribution < 1.29 is 0 Å². The topological polar surface area (TPSA) is 24.9 Å². The Morgan fingerprint density at radius 1 is 1.35 bits per heavy atom. The van der Waals surface area contributed by atoms with Crippen molar-refractivity contribution in [2.24, 2.45) is 0 Å². The molecule has 3 atom stereocenters. The molecule has 4 heteroatoms. The molecule has 0 spiro atoms. The molecule has 0 saturated carbocycles. The average Bonchev–Trinajstić information content (AvgIpc) is 3.01. The molecular weight excluding hydrogens is 252 g/mol. The van der Waals surface area contributed by atoms with Crippen LogP contribution in [0.2, 0.25) is 5.02 Å². The van der Waals surface area contributed by atoms with Crippen LogP contribution in [0, 0.1) is 0 Å². The summed E-state index contributed by atoms with van der Waals surface area (Å²) in [7, 11) is 0. The van der Waals surface area contributed by atoms with Gasteiger partial charge in [0, 0.05) is 23.0 Å². The van der Waals surface area contributed by atoms with E-state index in [2.05, 4.69) is 11.4 Å². The summed E-state index contributed by atoms with van der Waals surface area (Å²) in [6, 6.07) is 7.40. The zero-order chi connectivity index (χ0) is 11.4. The first-order valence-corrected chi connectivity index (χ1v) is 7.31. The number of benzene rings is 1. The highest BCUT2D eigenvalue weighted by molar-refractivity contribution is 7.18. The van der Waals surface area contributed by atoms with Gasteiger partial charge in [-0.2, -0.15) is 0 Å². The smallest absolute Gasteiger partial charge is 0.0985 e. The van der Waals surface area contributed by atoms with Gasteiger partial charge in [-0.05, 0) is 37.5 Å². The lowest BCUT2D eigenvalue weighted by molar-refractivity contribution is 0.505. The zero-order valence-electron chi connectivity index (χ0n) is 9.32. The minimum Gasteiger partial charge on any atom is -0.311 e. The molecule has 2 aliphatic rings. The van der Waals surface area contributed by atoms with Crippen LogP contribution >= 0.6 is 22.9 Å². The van der Waals surface area contributed by atoms with Crippen molar-refractivity contribution in [1.82, 2.24) is 10.3 Å². The Balaban J connectivity index is 1.76. The van der Waals surface area contributed by atoms with E-state index in [-0.39, 0.29) is 0 Å². The van der Waals surface area contributed by atoms with Gasteiger partial charge in [-0.1, -0.05) is 11.6 Å². The minimum absolute atomic E-state index is 0.630. The Morgan fingerprint density at radius 3 is 3.06 bits per heavy atom. The van der Waals surface area contributed by atoms with Crippen molar-refractivity contribution in [2.45, 2.75) is 37.3 Å². The van der Waals surface area contributed by atoms with Crippen LogP contribution in [-0.4, -0.2) is 17.1 Å². The molecule has 0 aliphatic carbocycles. The van der Waals surface area contributed by atoms with Crippen molar-refractivity contribution in [3.05, 3.63) is 28.2 Å². The second kappa shape index (κ2) is 3.67. The molecule has 88 valence electrons. The van der Waals surface area contributed by atoms with E-state index in [0.717, 1.165) is 16.6 Å². The summed E-state index contributed by atoms with van der Waals surface area (Å²) >= 11 is 7.84. The predicted octanol–water partition coefficient (Wildman–Crippen LogP) is 3.56. The van der Waals surface area contributed by atoms with E-state index in [9.17, 15) is 0 Å². The van der Waals surface area contributed by atoms with Crippen molar-refractivity contribution in [3.63, 3.8) is 0 Å². The van der Waals surface area contributed by atoms with Crippen molar-refractivity contribution >= 4 is 33.2 Å². The van der Waals surface area contributed by atoms with Gasteiger partial charge in [0.1, 0.15) is 0 Å². The van der Waals surface area contributed by atoms with E-state index in [1.807, 2.05) is 23.5 Å². The van der Waals surface area contributed by atoms with E-state index in [0.29, 0.717) is 12.0 Å². The normalized spacial score (nSPS) is 31.5. The van der Waals surface area contributed by atoms with Gasteiger partial charge in [0.05, 0.1) is 15.2 Å². The van der Waals surface area contributed by atoms with Crippen LogP contribution in [0.15, 0.2) is 18.2 Å². The number of thiazole rings is 1. The Labute approximate surface area is 109 Å². The molecule has 2 aromatic rings. The number of hydrogen-bond donors (Lipinski definition) is 1. The fourth-order valence-electron chi connectivity index (χ4n) is 3.17. The Morgan fingerprint density at radius 2 is 2.29 bits per heavy atom. The summed E-state index contributed by atoms with van der Waals surface area (Å²) in [6.07, 6.45) is 3.92. The van der Waals surface area contributed by atoms with Gasteiger partial charge in [0.2, 0.25) is 0 Å². The van der Waals surface area contributed by atoms with E-state index in [1.54, 1.807) is 0 Å². The number of nitrogens with zero attached hydrogens (tertiary/aromatic N) is 1. The molecule has 2 saturated heterocycles. The highest BCUT2D eigenvalue weighted by atomic mass is 35.5. The first kappa shape index (κ1) is 10.3. The number of fused-ring (bicyclic) bond motifs is 3. The van der Waals surface area contributed by atoms with Gasteiger partial charge in [-0.15, -0.1) is 11.3 Å². The molecule has 4 rings (SSSR count). The maximum absolute atomic E-state index is 6.00. The second-order valence-corrected chi connectivity index (χ2v) is 6.55. The average molecular weight is 265 g/mol. The Bertz CT molecular complexity index is 580. The first-order chi connectivity index (χ1) is 8.29. The Hall–Kier alpha value is -0.640. The second-order valence-electron chi connectivity index (χ2n) is 5.05. The zero-order valence-corrected chi connectivity index (χ0v) is 10.9. The third-order valence-electron chi connectivity index (χ3n) is 3.98. The largest absolute Gasteiger partial charge is 0.311 e. The van der Waals surface area contributed by atoms with Crippen LogP contribution in [-0.2, 0) is 0 Å². The fourth-order valence-corrected chi connectivity index (χ4v) is 4.47. The highest BCUT2D eigenvalue weighted by Crippen LogP contribution is 2.42. The summed E-state index contributed by atoms with van der Waals surface area (Å²) in [5, 5.41) is 5.74. The molecule has 17 heavy (non-hydrogen) atoms. The molecule has 3 heterocycles. The molecule has 0 amide bonds. The van der Waals surface area contributed by atoms with Crippen LogP contribution in [0.5, 0.6) is 0 Å². The third kappa shape index (κ3) is 1.60. The number of aromatic nitrogens is 1. The molecule has 1 N–H and O–H groups in total. The maximum Gasteiger partial charge on any atom is 0.0985 e. The highest BCUT2D eigenvalue weighted by Gasteiger charge is 2.41. The standard InChI is InChI=1S/C13H13ClN2S/c14-7-1-4-12-11(5-7)16-13(17-12)9-6-8-2-3-10(9)15-8/h1,4-5,8-10,15H,2-3,6H2. The predicted molar refractivity (Wildman–Crippen MR) is 71.9 cm³/mol. The third-order valence-corrected chi connectivity index (χ3v) is 5.39. The van der Waals surface area contributed by atoms with Crippen LogP contribution in [0.25, 0.3) is 10.2 Å². The van der Waals surface area contributed by atoms with Crippen LogP contribution in [0.4, 0.5) is 0 Å². The number of nitrogens with one attached hydrogen (secondary N) is 1. The lowest BCUT2D eigenvalue weighted by Gasteiger charge is -2.16. The molecule has 2 aliphatic heterocycles. The van der Waals surface area contributed by atoms with Crippen molar-refractivity contribution in [3.8, 4) is 0 Å². The molecule has 1 aromatic heterocycles. The minimum atomic E-state index is 0.630. The van der Waals surface area contributed by atoms with Gasteiger partial charge in [-0.25, -0.2) is 4.98 Å². The summed E-state index contributed by atoms with van der Waals surface area (Å²) in [4.78, 5) is 4.77. The van der Waals surface area contributed by atoms with Gasteiger partial charge in [0.25, 0.3) is 0 Å². The molecule has 3 unspecified atom stereocenters. The SMILES string of the molecule is Clc1ccc2sc(C3CC4CCC3N4)nc2c1. The van der Waals surface area contributed by atoms with E-state index in [1.165, 1.54) is 29.0 Å². The monoisotopic (exact) mass is 264 g/mol. The van der Waals surface area contributed by atoms with Crippen molar-refractivity contribution in [2.75, 3.05) is 0 Å². The van der Waals surface area contributed by atoms with Crippen LogP contribution in [0.3, 0.4) is 0 Å². The number of hydrogen-bond acceptors (Lipinski definition) is 3. The summed E-state index contributed by atoms with van der Waals surface area (Å²) in [5.74, 6) is 0.630. The molecule has 2 bridgehead atoms. The quantitative estimate of drug-likeness (QED) is 0.852. The first-order valence-electron chi connectivity index (χ1n) is 6.11. The lowest BCUT2D eigenvalue weighted by atomic mass is 9.90. The summed E-state index contributed by atoms with van der Waals surface area (Å²) in [5.41, 5.74) is 1.06. The molecule has 1 aromatic carbocycles. The Kier molecular flexibility index (Phi) is 2.23. The lowest BCUT2D eigenvalue weighted by Crippen LogP contribution is -2.21. The van der Waals surface area contributed by atoms with Crippen molar-refractivity contribution in [1.29, 1.82) is 0 Å².